The highest BCUT2D eigenvalue weighted by Crippen LogP contribution is 2.36. The molecule has 166 valence electrons. The molecule has 0 aromatic heterocycles. The van der Waals surface area contributed by atoms with Crippen molar-refractivity contribution in [1.82, 2.24) is 5.43 Å². The molecular weight excluding hydrogens is 460 g/mol. The number of nitrogens with zero attached hydrogens (tertiary/aromatic N) is 1. The van der Waals surface area contributed by atoms with Crippen molar-refractivity contribution in [2.45, 2.75) is 44.9 Å². The smallest absolute Gasteiger partial charge is 0.236 e. The van der Waals surface area contributed by atoms with Crippen molar-refractivity contribution >= 4 is 28.1 Å². The second-order valence-electron chi connectivity index (χ2n) is 7.56. The summed E-state index contributed by atoms with van der Waals surface area (Å²) in [7, 11) is 1.58. The average molecular weight is 489 g/mol. The number of benzene rings is 2. The van der Waals surface area contributed by atoms with Crippen molar-refractivity contribution in [2.75, 3.05) is 20.3 Å². The Labute approximate surface area is 192 Å². The van der Waals surface area contributed by atoms with Crippen molar-refractivity contribution in [3.05, 3.63) is 52.0 Å². The molecule has 0 spiro atoms. The summed E-state index contributed by atoms with van der Waals surface area (Å²) in [6, 6.07) is 12.1. The molecule has 0 aliphatic heterocycles. The molecule has 7 heteroatoms. The zero-order valence-electron chi connectivity index (χ0n) is 18.0. The Kier molecular flexibility index (Phi) is 8.76. The molecule has 0 saturated heterocycles. The van der Waals surface area contributed by atoms with Gasteiger partial charge >= 0.3 is 0 Å². The van der Waals surface area contributed by atoms with Crippen LogP contribution < -0.4 is 19.6 Å². The number of hydrogen-bond acceptors (Lipinski definition) is 5. The molecule has 2 aromatic rings. The molecule has 1 saturated carbocycles. The second-order valence-corrected chi connectivity index (χ2v) is 8.42. The van der Waals surface area contributed by atoms with Gasteiger partial charge in [-0.05, 0) is 70.1 Å². The van der Waals surface area contributed by atoms with Crippen molar-refractivity contribution in [2.24, 2.45) is 5.10 Å². The predicted molar refractivity (Wildman–Crippen MR) is 125 cm³/mol. The number of amides is 1. The fraction of sp³-hybridized carbons (Fsp3) is 0.417. The van der Waals surface area contributed by atoms with E-state index in [-0.39, 0.29) is 5.91 Å². The first-order valence-corrected chi connectivity index (χ1v) is 11.4. The van der Waals surface area contributed by atoms with E-state index in [1.54, 1.807) is 19.4 Å². The molecule has 0 heterocycles. The van der Waals surface area contributed by atoms with Crippen LogP contribution in [0.3, 0.4) is 0 Å². The Morgan fingerprint density at radius 1 is 1.13 bits per heavy atom. The number of ether oxygens (including phenoxy) is 3. The van der Waals surface area contributed by atoms with Gasteiger partial charge in [-0.2, -0.15) is 5.10 Å². The van der Waals surface area contributed by atoms with Crippen LogP contribution in [0, 0.1) is 0 Å². The van der Waals surface area contributed by atoms with E-state index >= 15 is 0 Å². The van der Waals surface area contributed by atoms with Gasteiger partial charge in [0.1, 0.15) is 19.0 Å². The topological polar surface area (TPSA) is 69.2 Å². The molecule has 0 radical (unpaired) electrons. The molecule has 1 N–H and O–H groups in total. The van der Waals surface area contributed by atoms with Gasteiger partial charge in [0.05, 0.1) is 17.8 Å². The van der Waals surface area contributed by atoms with Crippen LogP contribution in [-0.2, 0) is 4.79 Å². The fourth-order valence-electron chi connectivity index (χ4n) is 3.73. The lowest BCUT2D eigenvalue weighted by molar-refractivity contribution is -0.118. The van der Waals surface area contributed by atoms with Crippen molar-refractivity contribution in [3.8, 4) is 17.2 Å². The number of halogens is 1. The largest absolute Gasteiger partial charge is 0.493 e. The van der Waals surface area contributed by atoms with E-state index in [0.29, 0.717) is 30.6 Å². The van der Waals surface area contributed by atoms with Crippen LogP contribution in [0.1, 0.15) is 56.1 Å². The third kappa shape index (κ3) is 6.99. The number of carbonyl (C=O) groups excluding carboxylic acids is 1. The number of nitrogens with one attached hydrogen (secondary N) is 1. The summed E-state index contributed by atoms with van der Waals surface area (Å²) < 4.78 is 17.9. The van der Waals surface area contributed by atoms with Crippen molar-refractivity contribution in [1.29, 1.82) is 0 Å². The zero-order valence-corrected chi connectivity index (χ0v) is 19.6. The van der Waals surface area contributed by atoms with Crippen LogP contribution in [0.4, 0.5) is 0 Å². The lowest BCUT2D eigenvalue weighted by Gasteiger charge is -2.22. The number of hydrogen-bond donors (Lipinski definition) is 1. The van der Waals surface area contributed by atoms with Gasteiger partial charge in [-0.15, -0.1) is 0 Å². The molecule has 31 heavy (non-hydrogen) atoms. The molecule has 6 nitrogen and oxygen atoms in total. The summed E-state index contributed by atoms with van der Waals surface area (Å²) in [6.07, 6.45) is 8.17. The minimum absolute atomic E-state index is 0.231. The van der Waals surface area contributed by atoms with Crippen LogP contribution in [-0.4, -0.2) is 32.4 Å². The first-order chi connectivity index (χ1) is 15.1. The van der Waals surface area contributed by atoms with Gasteiger partial charge < -0.3 is 14.2 Å². The van der Waals surface area contributed by atoms with E-state index in [2.05, 4.69) is 38.6 Å². The molecule has 0 atom stereocenters. The van der Waals surface area contributed by atoms with Gasteiger partial charge in [0, 0.05) is 6.92 Å². The molecule has 0 unspecified atom stereocenters. The van der Waals surface area contributed by atoms with Crippen molar-refractivity contribution < 1.29 is 19.0 Å². The van der Waals surface area contributed by atoms with E-state index in [4.69, 9.17) is 14.2 Å². The summed E-state index contributed by atoms with van der Waals surface area (Å²) in [5.41, 5.74) is 4.55. The Morgan fingerprint density at radius 2 is 1.84 bits per heavy atom. The highest BCUT2D eigenvalue weighted by Gasteiger charge is 2.15. The predicted octanol–water partition coefficient (Wildman–Crippen LogP) is 5.43. The molecule has 3 rings (SSSR count). The number of hydrazone groups is 1. The lowest BCUT2D eigenvalue weighted by atomic mass is 9.84. The first kappa shape index (κ1) is 23.1. The minimum Gasteiger partial charge on any atom is -0.493 e. The van der Waals surface area contributed by atoms with Crippen LogP contribution in [0.5, 0.6) is 17.2 Å². The molecule has 0 bridgehead atoms. The molecule has 1 amide bonds. The maximum absolute atomic E-state index is 10.9. The molecule has 1 fully saturated rings. The van der Waals surface area contributed by atoms with Gasteiger partial charge in [0.25, 0.3) is 0 Å². The van der Waals surface area contributed by atoms with E-state index in [9.17, 15) is 4.79 Å². The molecular formula is C24H29BrN2O4. The van der Waals surface area contributed by atoms with E-state index in [0.717, 1.165) is 15.8 Å². The second kappa shape index (κ2) is 11.7. The molecule has 1 aliphatic rings. The summed E-state index contributed by atoms with van der Waals surface area (Å²) >= 11 is 3.51. The van der Waals surface area contributed by atoms with Gasteiger partial charge in [-0.3, -0.25) is 4.79 Å². The minimum atomic E-state index is -0.231. The number of rotatable bonds is 9. The van der Waals surface area contributed by atoms with Crippen LogP contribution >= 0.6 is 15.9 Å². The average Bonchev–Trinajstić information content (AvgIpc) is 2.78. The maximum Gasteiger partial charge on any atom is 0.236 e. The Balaban J connectivity index is 1.51. The number of carbonyl (C=O) groups is 1. The summed E-state index contributed by atoms with van der Waals surface area (Å²) in [4.78, 5) is 10.9. The van der Waals surface area contributed by atoms with Gasteiger partial charge in [-0.1, -0.05) is 31.4 Å². The Bertz CT molecular complexity index is 893. The van der Waals surface area contributed by atoms with E-state index in [1.165, 1.54) is 44.6 Å². The maximum atomic E-state index is 10.9. The summed E-state index contributed by atoms with van der Waals surface area (Å²) in [5.74, 6) is 2.47. The number of methoxy groups -OCH3 is 1. The Hall–Kier alpha value is -2.54. The van der Waals surface area contributed by atoms with Crippen molar-refractivity contribution in [3.63, 3.8) is 0 Å². The van der Waals surface area contributed by atoms with Gasteiger partial charge in [0.2, 0.25) is 5.91 Å². The molecule has 2 aromatic carbocycles. The lowest BCUT2D eigenvalue weighted by Crippen LogP contribution is -2.12. The standard InChI is InChI=1S/C24H29BrN2O4/c1-17(28)27-26-16-18-14-22(25)24(23(15-18)29-2)31-13-12-30-21-10-8-20(9-11-21)19-6-4-3-5-7-19/h8-11,14-16,19H,3-7,12-13H2,1-2H3,(H,27,28)/b26-16+. The zero-order chi connectivity index (χ0) is 22.1. The van der Waals surface area contributed by atoms with E-state index in [1.807, 2.05) is 18.2 Å². The van der Waals surface area contributed by atoms with E-state index < -0.39 is 0 Å². The highest BCUT2D eigenvalue weighted by atomic mass is 79.9. The van der Waals surface area contributed by atoms with Crippen LogP contribution in [0.15, 0.2) is 46.0 Å². The van der Waals surface area contributed by atoms with Crippen LogP contribution in [0.2, 0.25) is 0 Å². The first-order valence-electron chi connectivity index (χ1n) is 10.6. The molecule has 1 aliphatic carbocycles. The third-order valence-electron chi connectivity index (χ3n) is 5.24. The summed E-state index contributed by atoms with van der Waals surface area (Å²) in [6.45, 7) is 2.20. The van der Waals surface area contributed by atoms with Gasteiger partial charge in [0.15, 0.2) is 11.5 Å². The monoisotopic (exact) mass is 488 g/mol. The third-order valence-corrected chi connectivity index (χ3v) is 5.83. The summed E-state index contributed by atoms with van der Waals surface area (Å²) in [5, 5.41) is 3.87. The SMILES string of the molecule is COc1cc(/C=N/NC(C)=O)cc(Br)c1OCCOc1ccc(C2CCCCC2)cc1. The van der Waals surface area contributed by atoms with Crippen LogP contribution in [0.25, 0.3) is 0 Å². The normalized spacial score (nSPS) is 14.4. The Morgan fingerprint density at radius 3 is 2.52 bits per heavy atom. The quantitative estimate of drug-likeness (QED) is 0.290. The van der Waals surface area contributed by atoms with Gasteiger partial charge in [-0.25, -0.2) is 5.43 Å². The highest BCUT2D eigenvalue weighted by molar-refractivity contribution is 9.10. The fourth-order valence-corrected chi connectivity index (χ4v) is 4.30.